The Bertz CT molecular complexity index is 711. The third kappa shape index (κ3) is 3.37. The zero-order valence-corrected chi connectivity index (χ0v) is 11.7. The zero-order chi connectivity index (χ0) is 15.6. The molecule has 1 aromatic rings. The normalized spacial score (nSPS) is 21.9. The molecule has 2 N–H and O–H groups in total. The molecule has 1 aliphatic carbocycles. The average Bonchev–Trinajstić information content (AvgIpc) is 2.87. The number of halogens is 1. The molecule has 1 saturated carbocycles. The molecule has 0 radical (unpaired) electrons. The minimum atomic E-state index is -3.90. The molecule has 1 fully saturated rings. The first-order valence-electron chi connectivity index (χ1n) is 6.28. The zero-order valence-electron chi connectivity index (χ0n) is 10.9. The monoisotopic (exact) mass is 312 g/mol. The molecule has 2 atom stereocenters. The Morgan fingerprint density at radius 2 is 2.14 bits per heavy atom. The van der Waals surface area contributed by atoms with Crippen LogP contribution < -0.4 is 4.72 Å². The van der Waals surface area contributed by atoms with Crippen LogP contribution in [0.25, 0.3) is 0 Å². The van der Waals surface area contributed by atoms with Crippen molar-refractivity contribution in [2.45, 2.75) is 30.2 Å². The minimum absolute atomic E-state index is 0.209. The van der Waals surface area contributed by atoms with Gasteiger partial charge in [-0.15, -0.1) is 0 Å². The van der Waals surface area contributed by atoms with E-state index in [-0.39, 0.29) is 16.9 Å². The van der Waals surface area contributed by atoms with Crippen molar-refractivity contribution in [3.05, 3.63) is 29.6 Å². The van der Waals surface area contributed by atoms with Gasteiger partial charge >= 0.3 is 5.97 Å². The molecule has 0 spiro atoms. The second-order valence-electron chi connectivity index (χ2n) is 4.92. The van der Waals surface area contributed by atoms with E-state index in [1.165, 1.54) is 0 Å². The van der Waals surface area contributed by atoms with E-state index in [1.807, 2.05) is 0 Å². The Kier molecular flexibility index (Phi) is 4.25. The van der Waals surface area contributed by atoms with Gasteiger partial charge in [0.2, 0.25) is 10.0 Å². The van der Waals surface area contributed by atoms with E-state index in [1.54, 1.807) is 6.07 Å². The first-order chi connectivity index (χ1) is 9.83. The van der Waals surface area contributed by atoms with Gasteiger partial charge in [0.05, 0.1) is 16.4 Å². The van der Waals surface area contributed by atoms with E-state index >= 15 is 0 Å². The van der Waals surface area contributed by atoms with Crippen molar-refractivity contribution in [1.82, 2.24) is 4.72 Å². The van der Waals surface area contributed by atoms with E-state index < -0.39 is 33.8 Å². The number of benzene rings is 1. The van der Waals surface area contributed by atoms with Gasteiger partial charge in [0.1, 0.15) is 11.9 Å². The van der Waals surface area contributed by atoms with Crippen LogP contribution in [0.1, 0.15) is 24.8 Å². The molecule has 2 rings (SSSR count). The molecular weight excluding hydrogens is 299 g/mol. The number of sulfonamides is 1. The maximum atomic E-state index is 13.2. The first-order valence-corrected chi connectivity index (χ1v) is 7.76. The lowest BCUT2D eigenvalue weighted by Crippen LogP contribution is -2.33. The molecule has 0 saturated heterocycles. The summed E-state index contributed by atoms with van der Waals surface area (Å²) < 4.78 is 39.9. The summed E-state index contributed by atoms with van der Waals surface area (Å²) in [4.78, 5) is 10.6. The number of nitrogens with one attached hydrogen (secondary N) is 1. The summed E-state index contributed by atoms with van der Waals surface area (Å²) in [6, 6.07) is 4.06. The molecule has 1 aromatic carbocycles. The van der Waals surface area contributed by atoms with Gasteiger partial charge in [0.25, 0.3) is 0 Å². The highest BCUT2D eigenvalue weighted by Gasteiger charge is 2.32. The minimum Gasteiger partial charge on any atom is -0.481 e. The van der Waals surface area contributed by atoms with Crippen molar-refractivity contribution in [2.75, 3.05) is 0 Å². The number of carbonyl (C=O) groups is 1. The van der Waals surface area contributed by atoms with Crippen LogP contribution in [-0.4, -0.2) is 25.5 Å². The summed E-state index contributed by atoms with van der Waals surface area (Å²) in [6.45, 7) is 0. The van der Waals surface area contributed by atoms with E-state index in [9.17, 15) is 17.6 Å². The van der Waals surface area contributed by atoms with Crippen molar-refractivity contribution in [2.24, 2.45) is 5.92 Å². The van der Waals surface area contributed by atoms with Crippen LogP contribution in [0.5, 0.6) is 0 Å². The van der Waals surface area contributed by atoms with E-state index in [0.29, 0.717) is 12.8 Å². The topological polar surface area (TPSA) is 107 Å². The number of nitrogens with zero attached hydrogens (tertiary/aromatic N) is 1. The Labute approximate surface area is 121 Å². The van der Waals surface area contributed by atoms with Crippen LogP contribution in [0.15, 0.2) is 23.1 Å². The van der Waals surface area contributed by atoms with Gasteiger partial charge in [-0.2, -0.15) is 5.26 Å². The standard InChI is InChI=1S/C13H13FN2O4S/c14-12-4-3-11(6-9(12)7-15)21(19,20)16-10-2-1-8(5-10)13(17)18/h3-4,6,8,10,16H,1-2,5H2,(H,17,18). The molecule has 21 heavy (non-hydrogen) atoms. The van der Waals surface area contributed by atoms with Crippen LogP contribution in [0.2, 0.25) is 0 Å². The fourth-order valence-corrected chi connectivity index (χ4v) is 3.67. The molecular formula is C13H13FN2O4S. The molecule has 8 heteroatoms. The van der Waals surface area contributed by atoms with Gasteiger partial charge in [-0.1, -0.05) is 0 Å². The van der Waals surface area contributed by atoms with E-state index in [2.05, 4.69) is 4.72 Å². The van der Waals surface area contributed by atoms with E-state index in [4.69, 9.17) is 10.4 Å². The van der Waals surface area contributed by atoms with Crippen LogP contribution in [-0.2, 0) is 14.8 Å². The molecule has 0 heterocycles. The fourth-order valence-electron chi connectivity index (χ4n) is 2.36. The van der Waals surface area contributed by atoms with Crippen molar-refractivity contribution in [3.63, 3.8) is 0 Å². The molecule has 6 nitrogen and oxygen atoms in total. The van der Waals surface area contributed by atoms with Crippen LogP contribution in [0, 0.1) is 23.1 Å². The number of rotatable bonds is 4. The smallest absolute Gasteiger partial charge is 0.306 e. The summed E-state index contributed by atoms with van der Waals surface area (Å²) in [5, 5.41) is 17.6. The van der Waals surface area contributed by atoms with E-state index in [0.717, 1.165) is 18.2 Å². The lowest BCUT2D eigenvalue weighted by atomic mass is 10.1. The third-order valence-corrected chi connectivity index (χ3v) is 4.99. The quantitative estimate of drug-likeness (QED) is 0.869. The summed E-state index contributed by atoms with van der Waals surface area (Å²) >= 11 is 0. The summed E-state index contributed by atoms with van der Waals surface area (Å²) in [6.07, 6.45) is 1.07. The molecule has 0 amide bonds. The van der Waals surface area contributed by atoms with Gasteiger partial charge in [-0.25, -0.2) is 17.5 Å². The predicted molar refractivity (Wildman–Crippen MR) is 70.2 cm³/mol. The molecule has 0 bridgehead atoms. The van der Waals surface area contributed by atoms with Crippen LogP contribution in [0.4, 0.5) is 4.39 Å². The summed E-state index contributed by atoms with van der Waals surface area (Å²) in [5.41, 5.74) is -0.354. The summed E-state index contributed by atoms with van der Waals surface area (Å²) in [7, 11) is -3.90. The number of nitriles is 1. The van der Waals surface area contributed by atoms with Crippen LogP contribution >= 0.6 is 0 Å². The van der Waals surface area contributed by atoms with Crippen molar-refractivity contribution < 1.29 is 22.7 Å². The van der Waals surface area contributed by atoms with Crippen LogP contribution in [0.3, 0.4) is 0 Å². The molecule has 2 unspecified atom stereocenters. The Morgan fingerprint density at radius 1 is 1.43 bits per heavy atom. The number of hydrogen-bond donors (Lipinski definition) is 2. The Morgan fingerprint density at radius 3 is 2.71 bits per heavy atom. The first kappa shape index (κ1) is 15.4. The van der Waals surface area contributed by atoms with Crippen molar-refractivity contribution in [3.8, 4) is 6.07 Å². The maximum Gasteiger partial charge on any atom is 0.306 e. The van der Waals surface area contributed by atoms with Gasteiger partial charge in [-0.05, 0) is 37.5 Å². The lowest BCUT2D eigenvalue weighted by Gasteiger charge is -2.13. The largest absolute Gasteiger partial charge is 0.481 e. The highest BCUT2D eigenvalue weighted by atomic mass is 32.2. The van der Waals surface area contributed by atoms with Gasteiger partial charge in [0, 0.05) is 6.04 Å². The number of carboxylic acid groups (broad SMARTS) is 1. The molecule has 0 aliphatic heterocycles. The maximum absolute atomic E-state index is 13.2. The SMILES string of the molecule is N#Cc1cc(S(=O)(=O)NC2CCC(C(=O)O)C2)ccc1F. The lowest BCUT2D eigenvalue weighted by molar-refractivity contribution is -0.141. The number of carboxylic acids is 1. The van der Waals surface area contributed by atoms with Crippen molar-refractivity contribution >= 4 is 16.0 Å². The average molecular weight is 312 g/mol. The number of hydrogen-bond acceptors (Lipinski definition) is 4. The highest BCUT2D eigenvalue weighted by Crippen LogP contribution is 2.27. The molecule has 0 aromatic heterocycles. The predicted octanol–water partition coefficient (Wildman–Crippen LogP) is 1.23. The second kappa shape index (κ2) is 5.79. The van der Waals surface area contributed by atoms with Gasteiger partial charge in [-0.3, -0.25) is 4.79 Å². The Hall–Kier alpha value is -1.98. The highest BCUT2D eigenvalue weighted by molar-refractivity contribution is 7.89. The molecule has 112 valence electrons. The van der Waals surface area contributed by atoms with Gasteiger partial charge in [0.15, 0.2) is 0 Å². The van der Waals surface area contributed by atoms with Gasteiger partial charge < -0.3 is 5.11 Å². The van der Waals surface area contributed by atoms with Crippen molar-refractivity contribution in [1.29, 1.82) is 5.26 Å². The fraction of sp³-hybridized carbons (Fsp3) is 0.385. The number of aliphatic carboxylic acids is 1. The summed E-state index contributed by atoms with van der Waals surface area (Å²) in [5.74, 6) is -2.28. The third-order valence-electron chi connectivity index (χ3n) is 3.47. The second-order valence-corrected chi connectivity index (χ2v) is 6.63. The Balaban J connectivity index is 2.16. The molecule has 1 aliphatic rings.